The highest BCUT2D eigenvalue weighted by Crippen LogP contribution is 2.09. The van der Waals surface area contributed by atoms with Crippen molar-refractivity contribution in [3.63, 3.8) is 0 Å². The first kappa shape index (κ1) is 13.1. The van der Waals surface area contributed by atoms with Crippen molar-refractivity contribution in [2.75, 3.05) is 5.32 Å². The molecule has 2 amide bonds. The molecule has 0 aliphatic carbocycles. The second kappa shape index (κ2) is 5.53. The lowest BCUT2D eigenvalue weighted by atomic mass is 10.3. The topological polar surface area (TPSA) is 66.6 Å². The van der Waals surface area contributed by atoms with E-state index in [-0.39, 0.29) is 10.5 Å². The molecule has 19 heavy (non-hydrogen) atoms. The minimum absolute atomic E-state index is 0.0137. The van der Waals surface area contributed by atoms with E-state index in [1.54, 1.807) is 0 Å². The lowest BCUT2D eigenvalue weighted by molar-refractivity contribution is 0.185. The number of carbonyl (C=O) groups excluding carboxylic acids is 1. The fourth-order valence-electron chi connectivity index (χ4n) is 1.36. The first-order chi connectivity index (χ1) is 9.04. The van der Waals surface area contributed by atoms with Gasteiger partial charge < -0.3 is 10.5 Å². The number of urea groups is 1. The summed E-state index contributed by atoms with van der Waals surface area (Å²) >= 11 is 5.65. The highest BCUT2D eigenvalue weighted by molar-refractivity contribution is 6.29. The highest BCUT2D eigenvalue weighted by Gasteiger charge is 2.01. The Balaban J connectivity index is 2.19. The first-order valence-electron chi connectivity index (χ1n) is 5.23. The Morgan fingerprint density at radius 3 is 2.84 bits per heavy atom. The average Bonchev–Trinajstić information content (AvgIpc) is 2.34. The maximum atomic E-state index is 12.9. The molecule has 0 aliphatic heterocycles. The number of pyridine rings is 1. The minimum atomic E-state index is -0.669. The molecular formula is C12H9ClFN3O2. The van der Waals surface area contributed by atoms with Crippen molar-refractivity contribution in [2.45, 2.75) is 0 Å². The van der Waals surface area contributed by atoms with E-state index in [1.807, 2.05) is 0 Å². The quantitative estimate of drug-likeness (QED) is 0.623. The standard InChI is InChI=1S/C12H9ClFN3O2/c13-11-7-10(4-5-17(11)19)16-12(18)15-9-3-1-2-8(14)6-9/h1-7,19H,(H,15,18). The van der Waals surface area contributed by atoms with E-state index < -0.39 is 11.8 Å². The summed E-state index contributed by atoms with van der Waals surface area (Å²) in [5.41, 5.74) is 0.299. The molecule has 98 valence electrons. The third-order valence-electron chi connectivity index (χ3n) is 2.18. The normalized spacial score (nSPS) is 11.4. The number of hydrogen-bond acceptors (Lipinski definition) is 2. The monoisotopic (exact) mass is 281 g/mol. The van der Waals surface area contributed by atoms with Crippen LogP contribution in [0.3, 0.4) is 0 Å². The molecule has 2 N–H and O–H groups in total. The van der Waals surface area contributed by atoms with Gasteiger partial charge in [-0.3, -0.25) is 0 Å². The number of benzene rings is 1. The molecule has 0 atom stereocenters. The van der Waals surface area contributed by atoms with E-state index >= 15 is 0 Å². The number of hydrogen-bond donors (Lipinski definition) is 2. The summed E-state index contributed by atoms with van der Waals surface area (Å²) < 4.78 is 13.6. The fraction of sp³-hybridized carbons (Fsp3) is 0. The maximum Gasteiger partial charge on any atom is 0.345 e. The number of amides is 2. The van der Waals surface area contributed by atoms with E-state index in [1.165, 1.54) is 42.6 Å². The molecule has 1 aromatic heterocycles. The molecule has 0 aliphatic rings. The summed E-state index contributed by atoms with van der Waals surface area (Å²) in [6, 6.07) is 7.49. The summed E-state index contributed by atoms with van der Waals surface area (Å²) in [5.74, 6) is -0.457. The van der Waals surface area contributed by atoms with Crippen LogP contribution in [0.15, 0.2) is 47.6 Å². The number of carbonyl (C=O) groups is 1. The molecule has 0 spiro atoms. The minimum Gasteiger partial charge on any atom is -0.428 e. The molecule has 2 rings (SSSR count). The fourth-order valence-corrected chi connectivity index (χ4v) is 1.53. The molecule has 2 aromatic rings. The van der Waals surface area contributed by atoms with Gasteiger partial charge in [0.1, 0.15) is 11.0 Å². The largest absolute Gasteiger partial charge is 0.428 e. The second-order valence-electron chi connectivity index (χ2n) is 3.60. The zero-order chi connectivity index (χ0) is 13.8. The Bertz CT molecular complexity index is 685. The number of nitrogens with one attached hydrogen (secondary N) is 1. The third-order valence-corrected chi connectivity index (χ3v) is 2.46. The van der Waals surface area contributed by atoms with Crippen LogP contribution in [0.2, 0.25) is 5.15 Å². The molecule has 7 heteroatoms. The van der Waals surface area contributed by atoms with E-state index in [0.717, 1.165) is 0 Å². The van der Waals surface area contributed by atoms with E-state index in [4.69, 9.17) is 16.8 Å². The number of nitrogens with zero attached hydrogens (tertiary/aromatic N) is 2. The molecule has 0 saturated carbocycles. The van der Waals surface area contributed by atoms with Gasteiger partial charge in [-0.15, -0.1) is 0 Å². The van der Waals surface area contributed by atoms with E-state index in [0.29, 0.717) is 10.4 Å². The average molecular weight is 282 g/mol. The molecule has 1 aromatic carbocycles. The molecule has 1 heterocycles. The molecule has 5 nitrogen and oxygen atoms in total. The Morgan fingerprint density at radius 2 is 2.16 bits per heavy atom. The van der Waals surface area contributed by atoms with Crippen LogP contribution < -0.4 is 10.7 Å². The summed E-state index contributed by atoms with van der Waals surface area (Å²) in [5, 5.41) is 11.8. The number of rotatable bonds is 1. The molecule has 0 radical (unpaired) electrons. The Kier molecular flexibility index (Phi) is 3.82. The summed E-state index contributed by atoms with van der Waals surface area (Å²) in [6.07, 6.45) is 1.25. The number of aromatic nitrogens is 1. The second-order valence-corrected chi connectivity index (χ2v) is 3.99. The van der Waals surface area contributed by atoms with Crippen LogP contribution in [-0.2, 0) is 0 Å². The molecule has 0 bridgehead atoms. The zero-order valence-electron chi connectivity index (χ0n) is 9.55. The molecule has 0 unspecified atom stereocenters. The Labute approximate surface area is 112 Å². The predicted octanol–water partition coefficient (Wildman–Crippen LogP) is 2.65. The van der Waals surface area contributed by atoms with Gasteiger partial charge >= 0.3 is 6.03 Å². The molecular weight excluding hydrogens is 273 g/mol. The molecule has 0 saturated heterocycles. The van der Waals surface area contributed by atoms with Crippen molar-refractivity contribution < 1.29 is 14.4 Å². The van der Waals surface area contributed by atoms with Crippen LogP contribution in [0.1, 0.15) is 0 Å². The van der Waals surface area contributed by atoms with Crippen LogP contribution in [0.5, 0.6) is 0 Å². The van der Waals surface area contributed by atoms with Crippen molar-refractivity contribution in [2.24, 2.45) is 4.99 Å². The smallest absolute Gasteiger partial charge is 0.345 e. The van der Waals surface area contributed by atoms with Gasteiger partial charge in [0.05, 0.1) is 5.36 Å². The van der Waals surface area contributed by atoms with Crippen LogP contribution in [-0.4, -0.2) is 16.0 Å². The number of anilines is 1. The van der Waals surface area contributed by atoms with Crippen molar-refractivity contribution in [1.82, 2.24) is 4.73 Å². The van der Waals surface area contributed by atoms with Gasteiger partial charge in [-0.25, -0.2) is 9.18 Å². The van der Waals surface area contributed by atoms with Crippen molar-refractivity contribution >= 4 is 23.3 Å². The van der Waals surface area contributed by atoms with Gasteiger partial charge in [0.2, 0.25) is 0 Å². The zero-order valence-corrected chi connectivity index (χ0v) is 10.3. The van der Waals surface area contributed by atoms with Crippen molar-refractivity contribution in [3.05, 3.63) is 58.9 Å². The van der Waals surface area contributed by atoms with Crippen molar-refractivity contribution in [1.29, 1.82) is 0 Å². The van der Waals surface area contributed by atoms with Crippen LogP contribution in [0, 0.1) is 5.82 Å². The Morgan fingerprint density at radius 1 is 1.37 bits per heavy atom. The van der Waals surface area contributed by atoms with Gasteiger partial charge in [0.25, 0.3) is 0 Å². The summed E-state index contributed by atoms with van der Waals surface area (Å²) in [6.45, 7) is 0. The lowest BCUT2D eigenvalue weighted by Gasteiger charge is -2.01. The van der Waals surface area contributed by atoms with E-state index in [2.05, 4.69) is 10.3 Å². The predicted molar refractivity (Wildman–Crippen MR) is 67.6 cm³/mol. The third kappa shape index (κ3) is 3.56. The Hall–Kier alpha value is -2.34. The SMILES string of the molecule is O=C(N=c1ccn(O)c(Cl)c1)Nc1cccc(F)c1. The lowest BCUT2D eigenvalue weighted by Crippen LogP contribution is -2.13. The maximum absolute atomic E-state index is 12.9. The number of halogens is 2. The highest BCUT2D eigenvalue weighted by atomic mass is 35.5. The molecule has 0 fully saturated rings. The van der Waals surface area contributed by atoms with Crippen molar-refractivity contribution in [3.8, 4) is 0 Å². The van der Waals surface area contributed by atoms with Gasteiger partial charge in [0.15, 0.2) is 0 Å². The van der Waals surface area contributed by atoms with Crippen LogP contribution >= 0.6 is 11.6 Å². The van der Waals surface area contributed by atoms with Crippen LogP contribution in [0.25, 0.3) is 0 Å². The van der Waals surface area contributed by atoms with Gasteiger partial charge in [0, 0.05) is 18.0 Å². The summed E-state index contributed by atoms with van der Waals surface area (Å²) in [4.78, 5) is 15.3. The van der Waals surface area contributed by atoms with Gasteiger partial charge in [-0.2, -0.15) is 9.72 Å². The van der Waals surface area contributed by atoms with Crippen LogP contribution in [0.4, 0.5) is 14.9 Å². The van der Waals surface area contributed by atoms with Gasteiger partial charge in [-0.1, -0.05) is 17.7 Å². The van der Waals surface area contributed by atoms with E-state index in [9.17, 15) is 9.18 Å². The van der Waals surface area contributed by atoms with Gasteiger partial charge in [-0.05, 0) is 24.3 Å². The summed E-state index contributed by atoms with van der Waals surface area (Å²) in [7, 11) is 0. The first-order valence-corrected chi connectivity index (χ1v) is 5.61.